The monoisotopic (exact) mass is 514 g/mol. The second-order valence-corrected chi connectivity index (χ2v) is 9.67. The van der Waals surface area contributed by atoms with Crippen molar-refractivity contribution in [3.63, 3.8) is 0 Å². The maximum absolute atomic E-state index is 13.0. The first-order valence-corrected chi connectivity index (χ1v) is 12.7. The highest BCUT2D eigenvalue weighted by Gasteiger charge is 2.24. The molecule has 1 aliphatic heterocycles. The van der Waals surface area contributed by atoms with Gasteiger partial charge in [0.25, 0.3) is 11.5 Å². The van der Waals surface area contributed by atoms with Gasteiger partial charge >= 0.3 is 5.97 Å². The molecule has 1 aliphatic rings. The van der Waals surface area contributed by atoms with Crippen LogP contribution in [0, 0.1) is 6.92 Å². The van der Waals surface area contributed by atoms with Crippen LogP contribution in [0.4, 0.5) is 17.1 Å². The Bertz CT molecular complexity index is 1480. The molecule has 0 bridgehead atoms. The number of amides is 1. The van der Waals surface area contributed by atoms with Crippen molar-refractivity contribution in [1.29, 1.82) is 0 Å². The molecule has 0 saturated heterocycles. The third kappa shape index (κ3) is 4.90. The highest BCUT2D eigenvalue weighted by atomic mass is 32.2. The molecule has 0 spiro atoms. The van der Waals surface area contributed by atoms with E-state index in [4.69, 9.17) is 4.74 Å². The summed E-state index contributed by atoms with van der Waals surface area (Å²) >= 11 is 1.70. The first-order chi connectivity index (χ1) is 17.9. The fourth-order valence-corrected chi connectivity index (χ4v) is 5.43. The first-order valence-electron chi connectivity index (χ1n) is 11.9. The molecule has 188 valence electrons. The van der Waals surface area contributed by atoms with E-state index >= 15 is 0 Å². The van der Waals surface area contributed by atoms with Gasteiger partial charge in [0.2, 0.25) is 0 Å². The molecule has 1 aromatic heterocycles. The van der Waals surface area contributed by atoms with E-state index in [1.165, 1.54) is 4.68 Å². The van der Waals surface area contributed by atoms with Gasteiger partial charge in [0.15, 0.2) is 6.61 Å². The standard InChI is InChI=1S/C28H26N4O4S/c1-19-27(28(35)32(30(19)2)20-10-4-3-5-11-20)29-25(33)18-36-26(34)16-17-31-21-12-6-8-14-23(21)37-24-15-9-7-13-22(24)31/h3-15H,16-18H2,1-2H3,(H,29,33). The average Bonchev–Trinajstić information content (AvgIpc) is 3.13. The maximum atomic E-state index is 13.0. The Morgan fingerprint density at radius 2 is 1.49 bits per heavy atom. The number of nitrogens with one attached hydrogen (secondary N) is 1. The van der Waals surface area contributed by atoms with Gasteiger partial charge in [0.05, 0.1) is 29.2 Å². The Morgan fingerprint density at radius 1 is 0.892 bits per heavy atom. The molecule has 3 aromatic carbocycles. The van der Waals surface area contributed by atoms with Crippen molar-refractivity contribution in [1.82, 2.24) is 9.36 Å². The summed E-state index contributed by atoms with van der Waals surface area (Å²) in [7, 11) is 1.74. The molecule has 0 fully saturated rings. The molecule has 2 heterocycles. The van der Waals surface area contributed by atoms with Gasteiger partial charge in [0, 0.05) is 23.4 Å². The molecule has 0 atom stereocenters. The molecule has 0 aliphatic carbocycles. The lowest BCUT2D eigenvalue weighted by Gasteiger charge is -2.32. The molecule has 1 N–H and O–H groups in total. The second-order valence-electron chi connectivity index (χ2n) is 8.58. The van der Waals surface area contributed by atoms with E-state index in [0.717, 1.165) is 21.2 Å². The number of para-hydroxylation sites is 3. The number of rotatable bonds is 7. The average molecular weight is 515 g/mol. The van der Waals surface area contributed by atoms with E-state index in [1.54, 1.807) is 30.4 Å². The van der Waals surface area contributed by atoms with Crippen LogP contribution in [-0.4, -0.2) is 34.4 Å². The molecule has 37 heavy (non-hydrogen) atoms. The lowest BCUT2D eigenvalue weighted by Crippen LogP contribution is -2.27. The van der Waals surface area contributed by atoms with Gasteiger partial charge in [0.1, 0.15) is 5.69 Å². The van der Waals surface area contributed by atoms with Gasteiger partial charge in [-0.1, -0.05) is 54.2 Å². The number of ether oxygens (including phenoxy) is 1. The fourth-order valence-electron chi connectivity index (χ4n) is 4.33. The minimum atomic E-state index is -0.565. The minimum Gasteiger partial charge on any atom is -0.456 e. The summed E-state index contributed by atoms with van der Waals surface area (Å²) in [5.74, 6) is -1.06. The Kier molecular flexibility index (Phi) is 6.87. The van der Waals surface area contributed by atoms with Gasteiger partial charge < -0.3 is 15.0 Å². The number of benzene rings is 3. The van der Waals surface area contributed by atoms with E-state index < -0.39 is 18.5 Å². The van der Waals surface area contributed by atoms with E-state index in [2.05, 4.69) is 22.3 Å². The van der Waals surface area contributed by atoms with Crippen molar-refractivity contribution in [3.05, 3.63) is 94.9 Å². The zero-order chi connectivity index (χ0) is 25.9. The normalized spacial score (nSPS) is 12.0. The Labute approximate surface area is 218 Å². The highest BCUT2D eigenvalue weighted by Crippen LogP contribution is 2.47. The Hall–Kier alpha value is -4.24. The van der Waals surface area contributed by atoms with Crippen molar-refractivity contribution in [2.75, 3.05) is 23.4 Å². The van der Waals surface area contributed by atoms with Crippen molar-refractivity contribution in [3.8, 4) is 5.69 Å². The molecule has 8 nitrogen and oxygen atoms in total. The summed E-state index contributed by atoms with van der Waals surface area (Å²) < 4.78 is 8.39. The van der Waals surface area contributed by atoms with Crippen LogP contribution in [-0.2, 0) is 21.4 Å². The SMILES string of the molecule is Cc1c(NC(=O)COC(=O)CCN2c3ccccc3Sc3ccccc32)c(=O)n(-c2ccccc2)n1C. The van der Waals surface area contributed by atoms with Crippen LogP contribution in [0.15, 0.2) is 93.4 Å². The van der Waals surface area contributed by atoms with Gasteiger partial charge in [-0.25, -0.2) is 4.68 Å². The lowest BCUT2D eigenvalue weighted by molar-refractivity contribution is -0.147. The molecule has 0 unspecified atom stereocenters. The van der Waals surface area contributed by atoms with E-state index in [9.17, 15) is 14.4 Å². The second kappa shape index (κ2) is 10.4. The quantitative estimate of drug-likeness (QED) is 0.361. The first kappa shape index (κ1) is 24.5. The molecular weight excluding hydrogens is 488 g/mol. The number of esters is 1. The largest absolute Gasteiger partial charge is 0.456 e. The molecule has 0 radical (unpaired) electrons. The van der Waals surface area contributed by atoms with E-state index in [1.807, 2.05) is 66.7 Å². The minimum absolute atomic E-state index is 0.103. The van der Waals surface area contributed by atoms with Crippen LogP contribution >= 0.6 is 11.8 Å². The van der Waals surface area contributed by atoms with E-state index in [-0.39, 0.29) is 17.7 Å². The number of nitrogens with zero attached hydrogens (tertiary/aromatic N) is 3. The van der Waals surface area contributed by atoms with Gasteiger partial charge in [-0.2, -0.15) is 0 Å². The van der Waals surface area contributed by atoms with Crippen molar-refractivity contribution >= 4 is 40.7 Å². The number of carbonyl (C=O) groups excluding carboxylic acids is 2. The number of anilines is 3. The van der Waals surface area contributed by atoms with E-state index in [0.29, 0.717) is 17.9 Å². The van der Waals surface area contributed by atoms with Crippen LogP contribution < -0.4 is 15.8 Å². The third-order valence-corrected chi connectivity index (χ3v) is 7.38. The topological polar surface area (TPSA) is 85.6 Å². The Morgan fingerprint density at radius 3 is 2.14 bits per heavy atom. The number of carbonyl (C=O) groups is 2. The van der Waals surface area contributed by atoms with Gasteiger partial charge in [-0.3, -0.25) is 19.1 Å². The van der Waals surface area contributed by atoms with Gasteiger partial charge in [-0.05, 0) is 43.3 Å². The molecule has 4 aromatic rings. The summed E-state index contributed by atoms with van der Waals surface area (Å²) in [5.41, 5.74) is 3.15. The number of hydrogen-bond donors (Lipinski definition) is 1. The van der Waals surface area contributed by atoms with Crippen LogP contribution in [0.1, 0.15) is 12.1 Å². The summed E-state index contributed by atoms with van der Waals surface area (Å²) in [6, 6.07) is 25.3. The zero-order valence-electron chi connectivity index (χ0n) is 20.5. The summed E-state index contributed by atoms with van der Waals surface area (Å²) in [6.07, 6.45) is 0.103. The molecule has 0 saturated carbocycles. The van der Waals surface area contributed by atoms with Gasteiger partial charge in [-0.15, -0.1) is 0 Å². The number of fused-ring (bicyclic) bond motifs is 2. The molecule has 9 heteroatoms. The summed E-state index contributed by atoms with van der Waals surface area (Å²) in [5, 5.41) is 2.61. The van der Waals surface area contributed by atoms with Crippen molar-refractivity contribution < 1.29 is 14.3 Å². The Balaban J connectivity index is 1.21. The fraction of sp³-hybridized carbons (Fsp3) is 0.179. The third-order valence-electron chi connectivity index (χ3n) is 6.25. The molecule has 1 amide bonds. The van der Waals surface area contributed by atoms with Crippen LogP contribution in [0.5, 0.6) is 0 Å². The van der Waals surface area contributed by atoms with Crippen LogP contribution in [0.3, 0.4) is 0 Å². The zero-order valence-corrected chi connectivity index (χ0v) is 21.3. The summed E-state index contributed by atoms with van der Waals surface area (Å²) in [4.78, 5) is 42.4. The lowest BCUT2D eigenvalue weighted by atomic mass is 10.2. The van der Waals surface area contributed by atoms with Crippen molar-refractivity contribution in [2.45, 2.75) is 23.1 Å². The highest BCUT2D eigenvalue weighted by molar-refractivity contribution is 7.99. The number of aromatic nitrogens is 2. The molecule has 5 rings (SSSR count). The van der Waals surface area contributed by atoms with Crippen LogP contribution in [0.2, 0.25) is 0 Å². The van der Waals surface area contributed by atoms with Crippen molar-refractivity contribution in [2.24, 2.45) is 7.05 Å². The smallest absolute Gasteiger partial charge is 0.308 e. The summed E-state index contributed by atoms with van der Waals surface area (Å²) in [6.45, 7) is 1.69. The predicted molar refractivity (Wildman–Crippen MR) is 144 cm³/mol. The number of hydrogen-bond acceptors (Lipinski definition) is 6. The maximum Gasteiger partial charge on any atom is 0.308 e. The predicted octanol–water partition coefficient (Wildman–Crippen LogP) is 4.66. The van der Waals surface area contributed by atoms with Crippen LogP contribution in [0.25, 0.3) is 5.69 Å². The molecular formula is C28H26N4O4S.